The van der Waals surface area contributed by atoms with Crippen LogP contribution in [-0.2, 0) is 20.9 Å². The van der Waals surface area contributed by atoms with Crippen molar-refractivity contribution in [2.75, 3.05) is 10.7 Å². The van der Waals surface area contributed by atoms with E-state index in [-0.39, 0.29) is 17.5 Å². The number of esters is 1. The molecule has 5 aromatic rings. The van der Waals surface area contributed by atoms with Crippen LogP contribution in [0.5, 0.6) is 11.5 Å². The molecule has 0 bridgehead atoms. The zero-order chi connectivity index (χ0) is 32.0. The fourth-order valence-corrected chi connectivity index (χ4v) is 6.92. The van der Waals surface area contributed by atoms with E-state index in [0.29, 0.717) is 23.7 Å². The number of nitrogens with zero attached hydrogens (tertiary/aromatic N) is 1. The number of anilines is 1. The zero-order valence-electron chi connectivity index (χ0n) is 25.1. The van der Waals surface area contributed by atoms with Crippen LogP contribution in [0.25, 0.3) is 11.1 Å². The third kappa shape index (κ3) is 6.92. The van der Waals surface area contributed by atoms with E-state index >= 15 is 0 Å². The summed E-state index contributed by atoms with van der Waals surface area (Å²) in [4.78, 5) is 27.6. The van der Waals surface area contributed by atoms with Gasteiger partial charge in [0.25, 0.3) is 0 Å². The van der Waals surface area contributed by atoms with Gasteiger partial charge in [-0.2, -0.15) is 0 Å². The molecule has 1 amide bonds. The number of ether oxygens (including phenoxy) is 2. The molecule has 1 saturated heterocycles. The predicted octanol–water partition coefficient (Wildman–Crippen LogP) is 8.27. The molecular formula is C38H32FNO5S. The molecule has 1 aliphatic heterocycles. The maximum Gasteiger partial charge on any atom is 0.303 e. The molecule has 6 nitrogen and oxygen atoms in total. The smallest absolute Gasteiger partial charge is 0.303 e. The first kappa shape index (κ1) is 30.9. The number of benzene rings is 5. The van der Waals surface area contributed by atoms with Crippen LogP contribution < -0.4 is 9.64 Å². The third-order valence-electron chi connectivity index (χ3n) is 7.81. The fraction of sp³-hybridized carbons (Fsp3) is 0.158. The first-order valence-corrected chi connectivity index (χ1v) is 15.9. The number of aromatic hydroxyl groups is 1. The Morgan fingerprint density at radius 3 is 2.26 bits per heavy atom. The van der Waals surface area contributed by atoms with Crippen LogP contribution in [-0.4, -0.2) is 28.0 Å². The van der Waals surface area contributed by atoms with Crippen molar-refractivity contribution in [1.82, 2.24) is 0 Å². The highest BCUT2D eigenvalue weighted by Crippen LogP contribution is 2.49. The van der Waals surface area contributed by atoms with Crippen molar-refractivity contribution < 1.29 is 28.6 Å². The number of phenols is 1. The second-order valence-corrected chi connectivity index (χ2v) is 12.1. The highest BCUT2D eigenvalue weighted by Gasteiger charge is 2.50. The SMILES string of the molecule is CC(=O)O[C@@H](CS[C@H]1C(=O)N(c2ccccc2)[C@@H]1c1ccc(-c2cccc(O)c2)cc1OCc1ccccc1)c1ccc(F)cc1. The summed E-state index contributed by atoms with van der Waals surface area (Å²) in [5.41, 5.74) is 4.91. The molecule has 0 radical (unpaired) electrons. The molecule has 0 saturated carbocycles. The van der Waals surface area contributed by atoms with Crippen LogP contribution in [0.3, 0.4) is 0 Å². The summed E-state index contributed by atoms with van der Waals surface area (Å²) in [5.74, 6) is 0.145. The molecule has 46 heavy (non-hydrogen) atoms. The highest BCUT2D eigenvalue weighted by atomic mass is 32.2. The number of carbonyl (C=O) groups is 2. The minimum absolute atomic E-state index is 0.0760. The van der Waals surface area contributed by atoms with Crippen molar-refractivity contribution in [3.05, 3.63) is 150 Å². The van der Waals surface area contributed by atoms with E-state index in [2.05, 4.69) is 0 Å². The topological polar surface area (TPSA) is 76.1 Å². The van der Waals surface area contributed by atoms with E-state index < -0.39 is 23.4 Å². The van der Waals surface area contributed by atoms with Crippen LogP contribution in [0.1, 0.15) is 35.8 Å². The number of phenolic OH excluding ortho intramolecular Hbond substituents is 1. The predicted molar refractivity (Wildman–Crippen MR) is 178 cm³/mol. The normalized spacial score (nSPS) is 16.4. The zero-order valence-corrected chi connectivity index (χ0v) is 25.9. The van der Waals surface area contributed by atoms with E-state index in [0.717, 1.165) is 27.9 Å². The van der Waals surface area contributed by atoms with Gasteiger partial charge in [0, 0.05) is 23.9 Å². The van der Waals surface area contributed by atoms with E-state index in [1.165, 1.54) is 30.8 Å². The monoisotopic (exact) mass is 633 g/mol. The molecule has 1 heterocycles. The Morgan fingerprint density at radius 2 is 1.57 bits per heavy atom. The fourth-order valence-electron chi connectivity index (χ4n) is 5.57. The van der Waals surface area contributed by atoms with Crippen molar-refractivity contribution in [1.29, 1.82) is 0 Å². The highest BCUT2D eigenvalue weighted by molar-refractivity contribution is 8.00. The lowest BCUT2D eigenvalue weighted by Gasteiger charge is -2.47. The second kappa shape index (κ2) is 13.9. The Balaban J connectivity index is 1.37. The molecule has 5 aromatic carbocycles. The molecule has 232 valence electrons. The van der Waals surface area contributed by atoms with Gasteiger partial charge in [-0.15, -0.1) is 11.8 Å². The first-order chi connectivity index (χ1) is 22.4. The summed E-state index contributed by atoms with van der Waals surface area (Å²) in [6.45, 7) is 1.65. The van der Waals surface area contributed by atoms with Crippen LogP contribution in [0.4, 0.5) is 10.1 Å². The number of hydrogen-bond acceptors (Lipinski definition) is 6. The molecule has 1 fully saturated rings. The first-order valence-electron chi connectivity index (χ1n) is 14.9. The third-order valence-corrected chi connectivity index (χ3v) is 9.12. The van der Waals surface area contributed by atoms with Crippen molar-refractivity contribution >= 4 is 29.3 Å². The summed E-state index contributed by atoms with van der Waals surface area (Å²) < 4.78 is 25.8. The number of hydrogen-bond donors (Lipinski definition) is 1. The maximum atomic E-state index is 13.9. The van der Waals surface area contributed by atoms with Crippen LogP contribution in [0.2, 0.25) is 0 Å². The second-order valence-electron chi connectivity index (χ2n) is 11.0. The molecular weight excluding hydrogens is 601 g/mol. The summed E-state index contributed by atoms with van der Waals surface area (Å²) in [5, 5.41) is 9.63. The van der Waals surface area contributed by atoms with Crippen LogP contribution in [0.15, 0.2) is 127 Å². The van der Waals surface area contributed by atoms with Crippen molar-refractivity contribution in [2.45, 2.75) is 30.9 Å². The van der Waals surface area contributed by atoms with Crippen molar-refractivity contribution in [3.8, 4) is 22.6 Å². The molecule has 3 atom stereocenters. The van der Waals surface area contributed by atoms with Crippen molar-refractivity contribution in [3.63, 3.8) is 0 Å². The Hall–Kier alpha value is -5.08. The summed E-state index contributed by atoms with van der Waals surface area (Å²) in [6, 6.07) is 37.7. The van der Waals surface area contributed by atoms with E-state index in [4.69, 9.17) is 9.47 Å². The number of para-hydroxylation sites is 1. The van der Waals surface area contributed by atoms with E-state index in [1.807, 2.05) is 84.9 Å². The van der Waals surface area contributed by atoms with Gasteiger partial charge in [-0.25, -0.2) is 4.39 Å². The van der Waals surface area contributed by atoms with Crippen molar-refractivity contribution in [2.24, 2.45) is 0 Å². The minimum atomic E-state index is -0.663. The largest absolute Gasteiger partial charge is 0.508 e. The average molecular weight is 634 g/mol. The Labute approximate surface area is 271 Å². The lowest BCUT2D eigenvalue weighted by atomic mass is 9.90. The number of thioether (sulfide) groups is 1. The van der Waals surface area contributed by atoms with Gasteiger partial charge in [0.05, 0.1) is 6.04 Å². The van der Waals surface area contributed by atoms with E-state index in [9.17, 15) is 19.1 Å². The van der Waals surface area contributed by atoms with Gasteiger partial charge in [0.1, 0.15) is 35.3 Å². The number of amides is 1. The average Bonchev–Trinajstić information content (AvgIpc) is 3.07. The number of carbonyl (C=O) groups excluding carboxylic acids is 2. The molecule has 0 aromatic heterocycles. The standard InChI is InChI=1S/C38H32FNO5S/c1-25(41)45-35(27-15-18-30(39)19-16-27)24-46-37-36(40(38(37)43)31-12-6-3-7-13-31)33-20-17-29(28-11-8-14-32(42)21-28)22-34(33)44-23-26-9-4-2-5-10-26/h2-22,35-37,42H,23-24H2,1H3/t35-,36+,37+/m0/s1. The number of β-lactam (4-membered cyclic amide) rings is 1. The van der Waals surface area contributed by atoms with Crippen LogP contribution >= 0.6 is 11.8 Å². The lowest BCUT2D eigenvalue weighted by molar-refractivity contribution is -0.145. The van der Waals surface area contributed by atoms with Gasteiger partial charge in [-0.05, 0) is 64.7 Å². The van der Waals surface area contributed by atoms with E-state index in [1.54, 1.807) is 35.2 Å². The van der Waals surface area contributed by atoms with Gasteiger partial charge in [0.15, 0.2) is 0 Å². The molecule has 0 spiro atoms. The summed E-state index contributed by atoms with van der Waals surface area (Å²) in [6.07, 6.45) is -0.663. The Morgan fingerprint density at radius 1 is 0.870 bits per heavy atom. The number of rotatable bonds is 11. The van der Waals surface area contributed by atoms with Gasteiger partial charge in [0.2, 0.25) is 5.91 Å². The lowest BCUT2D eigenvalue weighted by Crippen LogP contribution is -2.58. The molecule has 1 N–H and O–H groups in total. The molecule has 1 aliphatic rings. The minimum Gasteiger partial charge on any atom is -0.508 e. The van der Waals surface area contributed by atoms with Gasteiger partial charge < -0.3 is 19.5 Å². The van der Waals surface area contributed by atoms with Crippen LogP contribution in [0, 0.1) is 5.82 Å². The quantitative estimate of drug-likeness (QED) is 0.117. The molecule has 6 rings (SSSR count). The maximum absolute atomic E-state index is 13.9. The van der Waals surface area contributed by atoms with Gasteiger partial charge >= 0.3 is 5.97 Å². The van der Waals surface area contributed by atoms with Gasteiger partial charge in [-0.1, -0.05) is 84.9 Å². The Bertz CT molecular complexity index is 1820. The molecule has 8 heteroatoms. The summed E-state index contributed by atoms with van der Waals surface area (Å²) >= 11 is 1.40. The Kier molecular flexibility index (Phi) is 9.36. The summed E-state index contributed by atoms with van der Waals surface area (Å²) in [7, 11) is 0. The van der Waals surface area contributed by atoms with Gasteiger partial charge in [-0.3, -0.25) is 9.59 Å². The number of halogens is 1. The molecule has 0 unspecified atom stereocenters. The molecule has 0 aliphatic carbocycles.